The van der Waals surface area contributed by atoms with Crippen molar-refractivity contribution in [1.29, 1.82) is 0 Å². The molecule has 1 saturated heterocycles. The predicted octanol–water partition coefficient (Wildman–Crippen LogP) is 2.35. The molecule has 0 unspecified atom stereocenters. The Hall–Kier alpha value is -5.11. The molecule has 5 N–H and O–H groups in total. The second kappa shape index (κ2) is 15.3. The van der Waals surface area contributed by atoms with Crippen LogP contribution in [0.4, 0.5) is 22.7 Å². The quantitative estimate of drug-likeness (QED) is 0.0856. The van der Waals surface area contributed by atoms with Crippen LogP contribution < -0.4 is 14.6 Å². The van der Waals surface area contributed by atoms with Crippen LogP contribution >= 0.6 is 0 Å². The summed E-state index contributed by atoms with van der Waals surface area (Å²) in [6.45, 7) is 1.16. The van der Waals surface area contributed by atoms with Crippen LogP contribution in [0.1, 0.15) is 12.5 Å². The Bertz CT molecular complexity index is 2630. The summed E-state index contributed by atoms with van der Waals surface area (Å²) in [5.74, 6) is -2.54. The molecule has 54 heavy (non-hydrogen) atoms. The maximum atomic E-state index is 13.7. The summed E-state index contributed by atoms with van der Waals surface area (Å²) >= 11 is 0. The SMILES string of the molecule is CC(=O)NS(=O)(=O)c1cc(N=Nc2ccc([N+](=O)[O-])cc2S(=O)(=O)CCc2ccc(S(N)(=O)=O)cc2)c2c(NS(=O)(=O)N3CCOCC3)cccc2c1O. The number of hydrogen-bond acceptors (Lipinski definition) is 15. The summed E-state index contributed by atoms with van der Waals surface area (Å²) in [6.07, 6.45) is -0.174. The van der Waals surface area contributed by atoms with Gasteiger partial charge in [-0.1, -0.05) is 24.3 Å². The van der Waals surface area contributed by atoms with E-state index in [9.17, 15) is 53.7 Å². The van der Waals surface area contributed by atoms with Gasteiger partial charge in [-0.25, -0.2) is 35.1 Å². The number of sulfonamides is 2. The zero-order valence-electron chi connectivity index (χ0n) is 27.9. The van der Waals surface area contributed by atoms with Crippen LogP contribution in [0.5, 0.6) is 5.75 Å². The molecule has 4 aromatic rings. The summed E-state index contributed by atoms with van der Waals surface area (Å²) in [7, 11) is -17.5. The lowest BCUT2D eigenvalue weighted by Crippen LogP contribution is -2.43. The van der Waals surface area contributed by atoms with E-state index >= 15 is 0 Å². The van der Waals surface area contributed by atoms with Crippen molar-refractivity contribution in [2.45, 2.75) is 28.0 Å². The van der Waals surface area contributed by atoms with Gasteiger partial charge in [0, 0.05) is 42.9 Å². The van der Waals surface area contributed by atoms with E-state index in [1.807, 2.05) is 0 Å². The van der Waals surface area contributed by atoms with Gasteiger partial charge in [0.2, 0.25) is 15.9 Å². The summed E-state index contributed by atoms with van der Waals surface area (Å²) in [6, 6.07) is 12.3. The van der Waals surface area contributed by atoms with Crippen LogP contribution in [0, 0.1) is 10.1 Å². The lowest BCUT2D eigenvalue weighted by molar-refractivity contribution is -0.385. The first-order valence-corrected chi connectivity index (χ1v) is 21.5. The van der Waals surface area contributed by atoms with Crippen molar-refractivity contribution < 1.29 is 53.2 Å². The number of nitro benzene ring substituents is 1. The number of hydrogen-bond donors (Lipinski definition) is 4. The Labute approximate surface area is 309 Å². The van der Waals surface area contributed by atoms with Gasteiger partial charge in [-0.05, 0) is 42.3 Å². The van der Waals surface area contributed by atoms with E-state index in [1.54, 1.807) is 4.72 Å². The van der Waals surface area contributed by atoms with Crippen molar-refractivity contribution in [2.24, 2.45) is 15.4 Å². The molecule has 1 aliphatic heterocycles. The first kappa shape index (κ1) is 40.1. The zero-order chi connectivity index (χ0) is 39.6. The Morgan fingerprint density at radius 2 is 1.57 bits per heavy atom. The average Bonchev–Trinajstić information content (AvgIpc) is 3.10. The number of fused-ring (bicyclic) bond motifs is 1. The molecule has 0 atom stereocenters. The highest BCUT2D eigenvalue weighted by molar-refractivity contribution is 7.91. The van der Waals surface area contributed by atoms with Gasteiger partial charge >= 0.3 is 10.2 Å². The standard InChI is InChI=1S/C30H31N7O13S4/c1-19(38)34-53(46,47)28-18-26(29-23(30(28)39)3-2-4-25(29)35-54(48,49)36-12-14-50-15-13-36)33-32-24-10-7-21(37(40)41)17-27(24)51(42,43)16-11-20-5-8-22(9-6-20)52(31,44)45/h2-10,17-18,35,39H,11-16H2,1H3,(H,34,38)(H2,31,44,45). The van der Waals surface area contributed by atoms with E-state index in [4.69, 9.17) is 9.88 Å². The molecule has 5 rings (SSSR count). The van der Waals surface area contributed by atoms with Crippen LogP contribution in [0.2, 0.25) is 0 Å². The van der Waals surface area contributed by atoms with Gasteiger partial charge in [-0.3, -0.25) is 19.6 Å². The van der Waals surface area contributed by atoms with Gasteiger partial charge in [-0.2, -0.15) is 12.7 Å². The number of sulfone groups is 1. The molecular formula is C30H31N7O13S4. The normalized spacial score (nSPS) is 14.6. The number of carbonyl (C=O) groups excluding carboxylic acids is 1. The number of aryl methyl sites for hydroxylation is 1. The number of azo groups is 1. The van der Waals surface area contributed by atoms with Gasteiger partial charge in [0.1, 0.15) is 21.2 Å². The number of phenolic OH excluding ortho intramolecular Hbond substituents is 1. The van der Waals surface area contributed by atoms with E-state index < -0.39 is 89.3 Å². The molecule has 1 amide bonds. The lowest BCUT2D eigenvalue weighted by atomic mass is 10.1. The molecule has 20 nitrogen and oxygen atoms in total. The van der Waals surface area contributed by atoms with Gasteiger partial charge in [0.15, 0.2) is 9.84 Å². The predicted molar refractivity (Wildman–Crippen MR) is 192 cm³/mol. The third-order valence-corrected chi connectivity index (χ3v) is 13.5. The Morgan fingerprint density at radius 1 is 0.926 bits per heavy atom. The minimum absolute atomic E-state index is 0.00926. The van der Waals surface area contributed by atoms with Gasteiger partial charge in [0.25, 0.3) is 15.7 Å². The van der Waals surface area contributed by atoms with Crippen LogP contribution in [0.15, 0.2) is 91.6 Å². The first-order valence-electron chi connectivity index (χ1n) is 15.4. The first-order chi connectivity index (χ1) is 25.2. The molecule has 4 aromatic carbocycles. The fourth-order valence-corrected chi connectivity index (χ4v) is 9.58. The van der Waals surface area contributed by atoms with Gasteiger partial charge in [0.05, 0.1) is 40.2 Å². The van der Waals surface area contributed by atoms with Crippen LogP contribution in [0.25, 0.3) is 10.8 Å². The maximum Gasteiger partial charge on any atom is 0.301 e. The number of phenols is 1. The lowest BCUT2D eigenvalue weighted by Gasteiger charge is -2.26. The number of nitrogens with zero attached hydrogens (tertiary/aromatic N) is 4. The highest BCUT2D eigenvalue weighted by atomic mass is 32.2. The van der Waals surface area contributed by atoms with Crippen molar-refractivity contribution in [1.82, 2.24) is 9.03 Å². The van der Waals surface area contributed by atoms with Crippen molar-refractivity contribution in [2.75, 3.05) is 36.8 Å². The molecule has 0 bridgehead atoms. The molecule has 288 valence electrons. The summed E-state index contributed by atoms with van der Waals surface area (Å²) < 4.78 is 114. The molecular weight excluding hydrogens is 795 g/mol. The number of primary sulfonamides is 1. The molecule has 0 spiro atoms. The largest absolute Gasteiger partial charge is 0.506 e. The van der Waals surface area contributed by atoms with Gasteiger partial charge in [-0.15, -0.1) is 10.2 Å². The topological polar surface area (TPSA) is 304 Å². The number of aromatic hydroxyl groups is 1. The zero-order valence-corrected chi connectivity index (χ0v) is 31.2. The summed E-state index contributed by atoms with van der Waals surface area (Å²) in [4.78, 5) is 20.8. The number of nitrogens with two attached hydrogens (primary N) is 1. The molecule has 0 saturated carbocycles. The minimum Gasteiger partial charge on any atom is -0.506 e. The molecule has 1 aliphatic rings. The Balaban J connectivity index is 1.64. The number of ether oxygens (including phenoxy) is 1. The number of nitrogens with one attached hydrogen (secondary N) is 2. The summed E-state index contributed by atoms with van der Waals surface area (Å²) in [5, 5.41) is 35.5. The van der Waals surface area contributed by atoms with E-state index in [1.165, 1.54) is 42.5 Å². The number of nitro groups is 1. The fraction of sp³-hybridized carbons (Fsp3) is 0.233. The van der Waals surface area contributed by atoms with Crippen LogP contribution in [-0.4, -0.2) is 86.0 Å². The number of rotatable bonds is 13. The third-order valence-electron chi connectivity index (χ3n) is 7.86. The van der Waals surface area contributed by atoms with Gasteiger partial charge < -0.3 is 9.84 Å². The van der Waals surface area contributed by atoms with Crippen molar-refractivity contribution >= 4 is 79.5 Å². The number of amides is 1. The van der Waals surface area contributed by atoms with Crippen molar-refractivity contribution in [3.05, 3.63) is 82.4 Å². The fourth-order valence-electron chi connectivity index (χ4n) is 5.29. The number of benzene rings is 4. The highest BCUT2D eigenvalue weighted by Crippen LogP contribution is 2.43. The molecule has 1 heterocycles. The van der Waals surface area contributed by atoms with Crippen LogP contribution in [-0.2, 0) is 56.0 Å². The second-order valence-corrected chi connectivity index (χ2v) is 18.6. The summed E-state index contributed by atoms with van der Waals surface area (Å²) in [5.41, 5.74) is -1.30. The van der Waals surface area contributed by atoms with Crippen molar-refractivity contribution in [3.8, 4) is 5.75 Å². The molecule has 24 heteroatoms. The van der Waals surface area contributed by atoms with E-state index in [2.05, 4.69) is 15.0 Å². The Morgan fingerprint density at radius 3 is 2.19 bits per heavy atom. The Kier molecular flexibility index (Phi) is 11.4. The second-order valence-electron chi connectivity index (χ2n) is 11.6. The number of non-ortho nitro benzene ring substituents is 1. The number of carbonyl (C=O) groups is 1. The van der Waals surface area contributed by atoms with E-state index in [0.29, 0.717) is 5.56 Å². The molecule has 0 radical (unpaired) electrons. The third kappa shape index (κ3) is 8.98. The minimum atomic E-state index is -4.77. The molecule has 1 fully saturated rings. The average molecular weight is 826 g/mol. The monoisotopic (exact) mass is 825 g/mol. The number of morpholine rings is 1. The maximum absolute atomic E-state index is 13.7. The smallest absolute Gasteiger partial charge is 0.301 e. The molecule has 0 aromatic heterocycles. The number of anilines is 1. The molecule has 0 aliphatic carbocycles. The van der Waals surface area contributed by atoms with E-state index in [0.717, 1.165) is 35.5 Å². The highest BCUT2D eigenvalue weighted by Gasteiger charge is 2.29. The van der Waals surface area contributed by atoms with Crippen molar-refractivity contribution in [3.63, 3.8) is 0 Å². The van der Waals surface area contributed by atoms with Crippen LogP contribution in [0.3, 0.4) is 0 Å². The van der Waals surface area contributed by atoms with E-state index in [-0.39, 0.29) is 54.1 Å².